The number of pyridine rings is 1. The predicted octanol–water partition coefficient (Wildman–Crippen LogP) is 5.85. The largest absolute Gasteiger partial charge is 0.435 e. The Kier molecular flexibility index (Phi) is 3.74. The van der Waals surface area contributed by atoms with Gasteiger partial charge in [-0.2, -0.15) is 9.37 Å². The molecule has 1 atom stereocenters. The minimum atomic E-state index is -0.564. The zero-order valence-corrected chi connectivity index (χ0v) is 17.0. The number of aryl methyl sites for hydroxylation is 1. The Labute approximate surface area is 177 Å². The zero-order chi connectivity index (χ0) is 21.1. The van der Waals surface area contributed by atoms with Crippen molar-refractivity contribution in [3.05, 3.63) is 78.5 Å². The van der Waals surface area contributed by atoms with Crippen LogP contribution in [0.15, 0.2) is 71.4 Å². The van der Waals surface area contributed by atoms with E-state index in [0.717, 1.165) is 39.3 Å². The van der Waals surface area contributed by atoms with Gasteiger partial charge in [-0.15, -0.1) is 0 Å². The number of hydrogen-bond donors (Lipinski definition) is 0. The van der Waals surface area contributed by atoms with Gasteiger partial charge in [0.2, 0.25) is 11.7 Å². The summed E-state index contributed by atoms with van der Waals surface area (Å²) in [6.07, 6.45) is 3.28. The van der Waals surface area contributed by atoms with Gasteiger partial charge in [-0.1, -0.05) is 30.3 Å². The molecule has 0 unspecified atom stereocenters. The lowest BCUT2D eigenvalue weighted by molar-refractivity contribution is 0.569. The molecule has 1 aliphatic rings. The summed E-state index contributed by atoms with van der Waals surface area (Å²) in [6.45, 7) is 4.14. The molecule has 0 spiro atoms. The van der Waals surface area contributed by atoms with Gasteiger partial charge in [0.1, 0.15) is 6.17 Å². The summed E-state index contributed by atoms with van der Waals surface area (Å²) < 4.78 is 19.8. The standard InChI is InChI=1S/C24H18FN5O/c1-14-8-9-17-18-10-11-19(25)28-24(18)31-21(17)20(14)30-15(2)29(16-6-4-3-5-7-16)22-23(30)27-13-12-26-22/h3-13,15H,1-2H3/t15-/m0/s1. The van der Waals surface area contributed by atoms with E-state index in [1.54, 1.807) is 18.5 Å². The van der Waals surface area contributed by atoms with Crippen LogP contribution in [0.1, 0.15) is 12.5 Å². The van der Waals surface area contributed by atoms with Crippen LogP contribution in [-0.2, 0) is 0 Å². The Morgan fingerprint density at radius 2 is 1.58 bits per heavy atom. The Morgan fingerprint density at radius 3 is 2.35 bits per heavy atom. The van der Waals surface area contributed by atoms with E-state index in [9.17, 15) is 4.39 Å². The molecule has 6 rings (SSSR count). The van der Waals surface area contributed by atoms with E-state index in [1.807, 2.05) is 37.3 Å². The van der Waals surface area contributed by atoms with Crippen molar-refractivity contribution < 1.29 is 8.81 Å². The Balaban J connectivity index is 1.62. The van der Waals surface area contributed by atoms with Crippen LogP contribution < -0.4 is 9.80 Å². The van der Waals surface area contributed by atoms with Gasteiger partial charge in [-0.25, -0.2) is 9.97 Å². The molecule has 0 amide bonds. The van der Waals surface area contributed by atoms with Crippen LogP contribution in [0.5, 0.6) is 0 Å². The summed E-state index contributed by atoms with van der Waals surface area (Å²) in [4.78, 5) is 17.5. The summed E-state index contributed by atoms with van der Waals surface area (Å²) in [5.41, 5.74) is 3.87. The summed E-state index contributed by atoms with van der Waals surface area (Å²) in [6, 6.07) is 17.2. The van der Waals surface area contributed by atoms with Crippen LogP contribution in [0.3, 0.4) is 0 Å². The quantitative estimate of drug-likeness (QED) is 0.339. The number of aromatic nitrogens is 3. The zero-order valence-electron chi connectivity index (χ0n) is 17.0. The number of rotatable bonds is 2. The molecule has 6 nitrogen and oxygen atoms in total. The third-order valence-corrected chi connectivity index (χ3v) is 5.79. The first-order chi connectivity index (χ1) is 15.1. The molecule has 31 heavy (non-hydrogen) atoms. The third-order valence-electron chi connectivity index (χ3n) is 5.79. The van der Waals surface area contributed by atoms with E-state index in [0.29, 0.717) is 5.58 Å². The molecule has 0 saturated carbocycles. The summed E-state index contributed by atoms with van der Waals surface area (Å²) in [7, 11) is 0. The number of hydrogen-bond acceptors (Lipinski definition) is 6. The van der Waals surface area contributed by atoms with Gasteiger partial charge in [0.05, 0.1) is 5.69 Å². The lowest BCUT2D eigenvalue weighted by Crippen LogP contribution is -2.36. The average Bonchev–Trinajstić information content (AvgIpc) is 3.28. The first kappa shape index (κ1) is 17.8. The molecule has 152 valence electrons. The van der Waals surface area contributed by atoms with E-state index < -0.39 is 5.95 Å². The summed E-state index contributed by atoms with van der Waals surface area (Å²) in [5, 5.41) is 1.67. The highest BCUT2D eigenvalue weighted by atomic mass is 19.1. The fourth-order valence-electron chi connectivity index (χ4n) is 4.43. The third kappa shape index (κ3) is 2.53. The average molecular weight is 411 g/mol. The van der Waals surface area contributed by atoms with Gasteiger partial charge < -0.3 is 9.32 Å². The monoisotopic (exact) mass is 411 g/mol. The molecule has 4 heterocycles. The number of furan rings is 1. The van der Waals surface area contributed by atoms with Crippen molar-refractivity contribution in [2.45, 2.75) is 20.0 Å². The lowest BCUT2D eigenvalue weighted by Gasteiger charge is -2.30. The topological polar surface area (TPSA) is 58.3 Å². The normalized spacial score (nSPS) is 15.8. The second kappa shape index (κ2) is 6.50. The van der Waals surface area contributed by atoms with Crippen molar-refractivity contribution in [1.29, 1.82) is 0 Å². The Hall–Kier alpha value is -4.00. The summed E-state index contributed by atoms with van der Waals surface area (Å²) >= 11 is 0. The van der Waals surface area contributed by atoms with Gasteiger partial charge in [0.25, 0.3) is 0 Å². The highest BCUT2D eigenvalue weighted by Crippen LogP contribution is 2.48. The second-order valence-electron chi connectivity index (χ2n) is 7.61. The van der Waals surface area contributed by atoms with Gasteiger partial charge in [0.15, 0.2) is 17.2 Å². The van der Waals surface area contributed by atoms with Crippen LogP contribution >= 0.6 is 0 Å². The van der Waals surface area contributed by atoms with Crippen molar-refractivity contribution in [3.8, 4) is 0 Å². The Bertz CT molecular complexity index is 1450. The number of benzene rings is 2. The molecular formula is C24H18FN5O. The number of fused-ring (bicyclic) bond motifs is 4. The van der Waals surface area contributed by atoms with Gasteiger partial charge in [-0.3, -0.25) is 4.90 Å². The minimum absolute atomic E-state index is 0.109. The SMILES string of the molecule is Cc1ccc2c(oc3nc(F)ccc32)c1N1c2nccnc2N(c2ccccc2)[C@@H]1C. The molecular weight excluding hydrogens is 393 g/mol. The van der Waals surface area contributed by atoms with Crippen molar-refractivity contribution in [2.75, 3.05) is 9.80 Å². The maximum absolute atomic E-state index is 13.7. The maximum Gasteiger partial charge on any atom is 0.230 e. The first-order valence-corrected chi connectivity index (χ1v) is 10.1. The van der Waals surface area contributed by atoms with Crippen LogP contribution in [0, 0.1) is 12.9 Å². The van der Waals surface area contributed by atoms with Crippen LogP contribution in [0.25, 0.3) is 22.1 Å². The van der Waals surface area contributed by atoms with Crippen LogP contribution in [0.2, 0.25) is 0 Å². The number of nitrogens with zero attached hydrogens (tertiary/aromatic N) is 5. The number of halogens is 1. The molecule has 0 fully saturated rings. The van der Waals surface area contributed by atoms with Crippen molar-refractivity contribution in [1.82, 2.24) is 15.0 Å². The van der Waals surface area contributed by atoms with Crippen molar-refractivity contribution >= 4 is 45.1 Å². The number of anilines is 4. The van der Waals surface area contributed by atoms with E-state index in [4.69, 9.17) is 4.42 Å². The molecule has 0 saturated heterocycles. The highest BCUT2D eigenvalue weighted by molar-refractivity contribution is 6.09. The van der Waals surface area contributed by atoms with E-state index in [1.165, 1.54) is 6.07 Å². The highest BCUT2D eigenvalue weighted by Gasteiger charge is 2.39. The maximum atomic E-state index is 13.7. The molecule has 0 bridgehead atoms. The summed E-state index contributed by atoms with van der Waals surface area (Å²) in [5.74, 6) is 0.956. The van der Waals surface area contributed by atoms with Crippen LogP contribution in [0.4, 0.5) is 27.4 Å². The van der Waals surface area contributed by atoms with E-state index >= 15 is 0 Å². The molecule has 2 aromatic carbocycles. The molecule has 3 aromatic heterocycles. The van der Waals surface area contributed by atoms with Gasteiger partial charge in [-0.05, 0) is 43.7 Å². The van der Waals surface area contributed by atoms with Gasteiger partial charge in [0, 0.05) is 28.9 Å². The molecule has 5 aromatic rings. The molecule has 0 aliphatic carbocycles. The molecule has 0 radical (unpaired) electrons. The fourth-order valence-corrected chi connectivity index (χ4v) is 4.43. The first-order valence-electron chi connectivity index (χ1n) is 10.1. The number of para-hydroxylation sites is 1. The molecule has 7 heteroatoms. The van der Waals surface area contributed by atoms with Crippen molar-refractivity contribution in [2.24, 2.45) is 0 Å². The lowest BCUT2D eigenvalue weighted by atomic mass is 10.1. The smallest absolute Gasteiger partial charge is 0.230 e. The molecule has 0 N–H and O–H groups in total. The second-order valence-corrected chi connectivity index (χ2v) is 7.61. The van der Waals surface area contributed by atoms with E-state index in [-0.39, 0.29) is 11.9 Å². The van der Waals surface area contributed by atoms with Crippen molar-refractivity contribution in [3.63, 3.8) is 0 Å². The van der Waals surface area contributed by atoms with Crippen LogP contribution in [-0.4, -0.2) is 21.1 Å². The molecule has 1 aliphatic heterocycles. The minimum Gasteiger partial charge on any atom is -0.435 e. The van der Waals surface area contributed by atoms with Gasteiger partial charge >= 0.3 is 0 Å². The Morgan fingerprint density at radius 1 is 0.871 bits per heavy atom. The van der Waals surface area contributed by atoms with E-state index in [2.05, 4.69) is 43.8 Å². The predicted molar refractivity (Wildman–Crippen MR) is 118 cm³/mol. The fraction of sp³-hybridized carbons (Fsp3) is 0.125.